The van der Waals surface area contributed by atoms with Crippen LogP contribution in [0.1, 0.15) is 29.5 Å². The van der Waals surface area contributed by atoms with E-state index >= 15 is 0 Å². The van der Waals surface area contributed by atoms with E-state index in [0.29, 0.717) is 17.9 Å². The van der Waals surface area contributed by atoms with Gasteiger partial charge in [0.2, 0.25) is 5.78 Å². The van der Waals surface area contributed by atoms with Crippen LogP contribution in [0.25, 0.3) is 5.69 Å². The van der Waals surface area contributed by atoms with Gasteiger partial charge < -0.3 is 0 Å². The average Bonchev–Trinajstić information content (AvgIpc) is 3.17. The summed E-state index contributed by atoms with van der Waals surface area (Å²) in [6.45, 7) is 2.69. The first kappa shape index (κ1) is 13.2. The highest BCUT2D eigenvalue weighted by Crippen LogP contribution is 2.10. The van der Waals surface area contributed by atoms with Gasteiger partial charge in [-0.15, -0.1) is 5.10 Å². The molecule has 0 saturated carbocycles. The number of carbonyl (C=O) groups is 1. The third kappa shape index (κ3) is 2.60. The van der Waals surface area contributed by atoms with E-state index in [9.17, 15) is 4.79 Å². The van der Waals surface area contributed by atoms with Crippen LogP contribution in [0.3, 0.4) is 0 Å². The molecular weight excluding hydrogens is 266 g/mol. The Balaban J connectivity index is 1.89. The Morgan fingerprint density at radius 1 is 1.19 bits per heavy atom. The molecule has 21 heavy (non-hydrogen) atoms. The molecule has 0 aliphatic rings. The van der Waals surface area contributed by atoms with Gasteiger partial charge >= 0.3 is 0 Å². The summed E-state index contributed by atoms with van der Waals surface area (Å²) in [4.78, 5) is 12.5. The molecule has 0 radical (unpaired) electrons. The molecule has 3 rings (SSSR count). The second-order valence-electron chi connectivity index (χ2n) is 4.65. The largest absolute Gasteiger partial charge is 0.285 e. The van der Waals surface area contributed by atoms with Crippen LogP contribution >= 0.6 is 0 Å². The van der Waals surface area contributed by atoms with Crippen molar-refractivity contribution in [1.29, 1.82) is 0 Å². The van der Waals surface area contributed by atoms with E-state index < -0.39 is 0 Å². The number of aryl methyl sites for hydroxylation is 1. The van der Waals surface area contributed by atoms with Crippen LogP contribution in [0.5, 0.6) is 0 Å². The second-order valence-corrected chi connectivity index (χ2v) is 4.65. The zero-order valence-corrected chi connectivity index (χ0v) is 11.7. The molecule has 0 unspecified atom stereocenters. The fourth-order valence-electron chi connectivity index (χ4n) is 2.11. The van der Waals surface area contributed by atoms with E-state index in [1.165, 1.54) is 6.20 Å². The summed E-state index contributed by atoms with van der Waals surface area (Å²) in [5, 5.41) is 12.1. The minimum atomic E-state index is -0.164. The molecule has 6 heteroatoms. The molecule has 106 valence electrons. The lowest BCUT2D eigenvalue weighted by Gasteiger charge is -2.02. The maximum Gasteiger partial charge on any atom is 0.232 e. The molecule has 0 spiro atoms. The minimum Gasteiger partial charge on any atom is -0.285 e. The Hall–Kier alpha value is -2.76. The summed E-state index contributed by atoms with van der Waals surface area (Å²) < 4.78 is 3.30. The van der Waals surface area contributed by atoms with Crippen LogP contribution in [0.15, 0.2) is 48.8 Å². The van der Waals surface area contributed by atoms with E-state index in [2.05, 4.69) is 15.4 Å². The van der Waals surface area contributed by atoms with E-state index in [0.717, 1.165) is 12.1 Å². The number of carbonyl (C=O) groups excluding carboxylic acids is 1. The van der Waals surface area contributed by atoms with Crippen molar-refractivity contribution >= 4 is 5.78 Å². The summed E-state index contributed by atoms with van der Waals surface area (Å²) in [7, 11) is 0. The van der Waals surface area contributed by atoms with Gasteiger partial charge in [-0.2, -0.15) is 5.10 Å². The van der Waals surface area contributed by atoms with Crippen molar-refractivity contribution in [1.82, 2.24) is 24.8 Å². The first-order valence-electron chi connectivity index (χ1n) is 6.84. The van der Waals surface area contributed by atoms with Crippen molar-refractivity contribution in [2.24, 2.45) is 0 Å². The Morgan fingerprint density at radius 2 is 2.00 bits per heavy atom. The van der Waals surface area contributed by atoms with Gasteiger partial charge in [0.25, 0.3) is 0 Å². The molecule has 2 aromatic heterocycles. The molecular formula is C15H15N5O. The van der Waals surface area contributed by atoms with Crippen molar-refractivity contribution in [3.05, 3.63) is 60.2 Å². The molecule has 0 fully saturated rings. The van der Waals surface area contributed by atoms with Gasteiger partial charge in [-0.1, -0.05) is 30.3 Å². The van der Waals surface area contributed by atoms with E-state index in [1.54, 1.807) is 21.6 Å². The fraction of sp³-hybridized carbons (Fsp3) is 0.200. The number of para-hydroxylation sites is 1. The van der Waals surface area contributed by atoms with Crippen LogP contribution in [-0.2, 0) is 6.54 Å². The first-order valence-corrected chi connectivity index (χ1v) is 6.84. The van der Waals surface area contributed by atoms with Crippen LogP contribution in [0, 0.1) is 0 Å². The Kier molecular flexibility index (Phi) is 3.59. The van der Waals surface area contributed by atoms with Crippen molar-refractivity contribution in [2.45, 2.75) is 19.9 Å². The third-order valence-electron chi connectivity index (χ3n) is 3.13. The lowest BCUT2D eigenvalue weighted by atomic mass is 10.2. The molecule has 6 nitrogen and oxygen atoms in total. The number of hydrogen-bond donors (Lipinski definition) is 0. The van der Waals surface area contributed by atoms with E-state index in [4.69, 9.17) is 0 Å². The highest BCUT2D eigenvalue weighted by Gasteiger charge is 2.17. The predicted molar refractivity (Wildman–Crippen MR) is 77.3 cm³/mol. The van der Waals surface area contributed by atoms with E-state index in [1.807, 2.05) is 37.3 Å². The molecule has 3 aromatic rings. The smallest absolute Gasteiger partial charge is 0.232 e. The number of benzene rings is 1. The van der Waals surface area contributed by atoms with Crippen molar-refractivity contribution in [2.75, 3.05) is 0 Å². The summed E-state index contributed by atoms with van der Waals surface area (Å²) in [5.74, 6) is -0.164. The maximum absolute atomic E-state index is 12.5. The van der Waals surface area contributed by atoms with Crippen LogP contribution in [0.2, 0.25) is 0 Å². The quantitative estimate of drug-likeness (QED) is 0.672. The number of ketones is 1. The monoisotopic (exact) mass is 281 g/mol. The average molecular weight is 281 g/mol. The molecule has 2 heterocycles. The minimum absolute atomic E-state index is 0.164. The Labute approximate surface area is 122 Å². The summed E-state index contributed by atoms with van der Waals surface area (Å²) >= 11 is 0. The van der Waals surface area contributed by atoms with E-state index in [-0.39, 0.29) is 5.78 Å². The molecule has 0 saturated heterocycles. The van der Waals surface area contributed by atoms with Gasteiger partial charge in [0, 0.05) is 12.7 Å². The topological polar surface area (TPSA) is 65.6 Å². The Morgan fingerprint density at radius 3 is 2.76 bits per heavy atom. The molecule has 1 aromatic carbocycles. The van der Waals surface area contributed by atoms with Gasteiger partial charge in [0.1, 0.15) is 11.4 Å². The standard InChI is InChI=1S/C15H15N5O/c1-2-9-20-14(11-16-18-20)15(21)13-8-10-19(17-13)12-6-4-3-5-7-12/h3-8,10-11H,2,9H2,1H3. The molecule has 0 aliphatic heterocycles. The predicted octanol–water partition coefficient (Wildman–Crippen LogP) is 2.10. The molecule has 0 amide bonds. The van der Waals surface area contributed by atoms with Crippen molar-refractivity contribution in [3.8, 4) is 5.69 Å². The number of hydrogen-bond acceptors (Lipinski definition) is 4. The first-order chi connectivity index (χ1) is 10.3. The highest BCUT2D eigenvalue weighted by molar-refractivity contribution is 6.06. The lowest BCUT2D eigenvalue weighted by molar-refractivity contribution is 0.102. The fourth-order valence-corrected chi connectivity index (χ4v) is 2.11. The van der Waals surface area contributed by atoms with Gasteiger partial charge in [0.05, 0.1) is 11.9 Å². The molecule has 0 bridgehead atoms. The molecule has 0 atom stereocenters. The normalized spacial score (nSPS) is 10.7. The second kappa shape index (κ2) is 5.70. The van der Waals surface area contributed by atoms with Crippen LogP contribution < -0.4 is 0 Å². The lowest BCUT2D eigenvalue weighted by Crippen LogP contribution is -2.12. The van der Waals surface area contributed by atoms with Crippen LogP contribution in [-0.4, -0.2) is 30.6 Å². The van der Waals surface area contributed by atoms with Crippen molar-refractivity contribution in [3.63, 3.8) is 0 Å². The van der Waals surface area contributed by atoms with Crippen molar-refractivity contribution < 1.29 is 4.79 Å². The van der Waals surface area contributed by atoms with Gasteiger partial charge in [-0.25, -0.2) is 9.36 Å². The zero-order chi connectivity index (χ0) is 14.7. The Bertz CT molecular complexity index is 744. The SMILES string of the molecule is CCCn1nncc1C(=O)c1ccn(-c2ccccc2)n1. The van der Waals surface area contributed by atoms with Gasteiger partial charge in [-0.05, 0) is 24.6 Å². The number of nitrogens with zero attached hydrogens (tertiary/aromatic N) is 5. The summed E-state index contributed by atoms with van der Waals surface area (Å²) in [6, 6.07) is 11.4. The van der Waals surface area contributed by atoms with Crippen LogP contribution in [0.4, 0.5) is 0 Å². The zero-order valence-electron chi connectivity index (χ0n) is 11.7. The number of aromatic nitrogens is 5. The highest BCUT2D eigenvalue weighted by atomic mass is 16.1. The van der Waals surface area contributed by atoms with Gasteiger partial charge in [-0.3, -0.25) is 4.79 Å². The summed E-state index contributed by atoms with van der Waals surface area (Å²) in [6.07, 6.45) is 4.15. The maximum atomic E-state index is 12.5. The molecule has 0 N–H and O–H groups in total. The summed E-state index contributed by atoms with van der Waals surface area (Å²) in [5.41, 5.74) is 1.77. The third-order valence-corrected chi connectivity index (χ3v) is 3.13. The number of rotatable bonds is 5. The molecule has 0 aliphatic carbocycles. The van der Waals surface area contributed by atoms with Gasteiger partial charge in [0.15, 0.2) is 0 Å².